The van der Waals surface area contributed by atoms with Gasteiger partial charge in [-0.3, -0.25) is 0 Å². The SMILES string of the molecule is COc1nn(-c2ccc(NC(N)=O)cc2)c(=O)o1. The highest BCUT2D eigenvalue weighted by Crippen LogP contribution is 2.12. The Kier molecular flexibility index (Phi) is 3.00. The van der Waals surface area contributed by atoms with E-state index >= 15 is 0 Å². The Hall–Kier alpha value is -2.77. The second kappa shape index (κ2) is 4.62. The fourth-order valence-electron chi connectivity index (χ4n) is 1.33. The van der Waals surface area contributed by atoms with Crippen molar-refractivity contribution in [3.63, 3.8) is 0 Å². The highest BCUT2D eigenvalue weighted by Gasteiger charge is 2.09. The number of ether oxygens (including phenoxy) is 1. The zero-order valence-corrected chi connectivity index (χ0v) is 9.41. The average molecular weight is 250 g/mol. The summed E-state index contributed by atoms with van der Waals surface area (Å²) in [5, 5.41) is 6.19. The van der Waals surface area contributed by atoms with Crippen molar-refractivity contribution in [2.75, 3.05) is 12.4 Å². The predicted octanol–water partition coefficient (Wildman–Crippen LogP) is 0.325. The highest BCUT2D eigenvalue weighted by molar-refractivity contribution is 5.87. The van der Waals surface area contributed by atoms with Gasteiger partial charge in [0.15, 0.2) is 0 Å². The molecule has 18 heavy (non-hydrogen) atoms. The molecule has 0 saturated carbocycles. The topological polar surface area (TPSA) is 112 Å². The monoisotopic (exact) mass is 250 g/mol. The minimum Gasteiger partial charge on any atom is -0.452 e. The number of benzene rings is 1. The van der Waals surface area contributed by atoms with Crippen LogP contribution in [0.5, 0.6) is 6.08 Å². The molecule has 0 spiro atoms. The molecule has 2 rings (SSSR count). The van der Waals surface area contributed by atoms with Crippen molar-refractivity contribution in [3.8, 4) is 11.8 Å². The van der Waals surface area contributed by atoms with Crippen LogP contribution >= 0.6 is 0 Å². The van der Waals surface area contributed by atoms with Crippen LogP contribution in [0.1, 0.15) is 0 Å². The molecule has 0 radical (unpaired) electrons. The number of amides is 2. The van der Waals surface area contributed by atoms with Gasteiger partial charge in [0.1, 0.15) is 0 Å². The standard InChI is InChI=1S/C10H10N4O4/c1-17-9-13-14(10(16)18-9)7-4-2-6(3-5-7)12-8(11)15/h2-5H,1H3,(H3,11,12,15). The van der Waals surface area contributed by atoms with Gasteiger partial charge in [0.05, 0.1) is 12.8 Å². The molecule has 0 fully saturated rings. The number of carbonyl (C=O) groups excluding carboxylic acids is 1. The third-order valence-electron chi connectivity index (χ3n) is 2.08. The highest BCUT2D eigenvalue weighted by atomic mass is 16.6. The lowest BCUT2D eigenvalue weighted by Crippen LogP contribution is -2.19. The van der Waals surface area contributed by atoms with E-state index in [1.54, 1.807) is 24.3 Å². The summed E-state index contributed by atoms with van der Waals surface area (Å²) < 4.78 is 10.4. The van der Waals surface area contributed by atoms with Gasteiger partial charge in [-0.2, -0.15) is 4.68 Å². The van der Waals surface area contributed by atoms with Gasteiger partial charge >= 0.3 is 17.9 Å². The lowest BCUT2D eigenvalue weighted by Gasteiger charge is -2.02. The van der Waals surface area contributed by atoms with Gasteiger partial charge in [-0.15, -0.1) is 0 Å². The van der Waals surface area contributed by atoms with Gasteiger partial charge in [0, 0.05) is 5.69 Å². The van der Waals surface area contributed by atoms with Crippen LogP contribution in [0.4, 0.5) is 10.5 Å². The zero-order chi connectivity index (χ0) is 13.1. The van der Waals surface area contributed by atoms with Crippen LogP contribution in [-0.4, -0.2) is 22.9 Å². The van der Waals surface area contributed by atoms with E-state index in [0.717, 1.165) is 4.68 Å². The van der Waals surface area contributed by atoms with Crippen LogP contribution in [0.2, 0.25) is 0 Å². The number of anilines is 1. The van der Waals surface area contributed by atoms with Crippen LogP contribution in [0.15, 0.2) is 33.5 Å². The second-order valence-corrected chi connectivity index (χ2v) is 3.29. The first-order chi connectivity index (χ1) is 8.60. The molecule has 94 valence electrons. The Morgan fingerprint density at radius 2 is 2.11 bits per heavy atom. The van der Waals surface area contributed by atoms with Crippen molar-refractivity contribution >= 4 is 11.7 Å². The van der Waals surface area contributed by atoms with Crippen molar-refractivity contribution in [1.29, 1.82) is 0 Å². The van der Waals surface area contributed by atoms with Crippen molar-refractivity contribution in [1.82, 2.24) is 9.78 Å². The molecule has 0 bridgehead atoms. The van der Waals surface area contributed by atoms with Crippen molar-refractivity contribution in [2.24, 2.45) is 5.73 Å². The minimum absolute atomic E-state index is 0.126. The third kappa shape index (κ3) is 2.32. The van der Waals surface area contributed by atoms with Crippen LogP contribution < -0.4 is 21.5 Å². The number of hydrogen-bond acceptors (Lipinski definition) is 5. The number of nitrogens with two attached hydrogens (primary N) is 1. The summed E-state index contributed by atoms with van der Waals surface area (Å²) in [5.74, 6) is -0.664. The molecule has 2 aromatic rings. The molecule has 0 unspecified atom stereocenters. The Bertz CT molecular complexity index is 614. The molecule has 0 aliphatic heterocycles. The molecule has 1 aromatic heterocycles. The average Bonchev–Trinajstić information content (AvgIpc) is 2.71. The Morgan fingerprint density at radius 3 is 2.61 bits per heavy atom. The molecule has 0 aliphatic carbocycles. The molecule has 1 aromatic carbocycles. The first-order valence-electron chi connectivity index (χ1n) is 4.91. The van der Waals surface area contributed by atoms with E-state index in [4.69, 9.17) is 14.9 Å². The molecular formula is C10H10N4O4. The second-order valence-electron chi connectivity index (χ2n) is 3.29. The summed E-state index contributed by atoms with van der Waals surface area (Å²) in [6.07, 6.45) is -0.126. The van der Waals surface area contributed by atoms with Gasteiger partial charge in [-0.25, -0.2) is 9.59 Å². The first-order valence-corrected chi connectivity index (χ1v) is 4.91. The summed E-state index contributed by atoms with van der Waals surface area (Å²) in [6.45, 7) is 0. The fraction of sp³-hybridized carbons (Fsp3) is 0.100. The number of nitrogens with one attached hydrogen (secondary N) is 1. The lowest BCUT2D eigenvalue weighted by molar-refractivity contribution is 0.259. The zero-order valence-electron chi connectivity index (χ0n) is 9.41. The maximum Gasteiger partial charge on any atom is 0.444 e. The molecule has 1 heterocycles. The van der Waals surface area contributed by atoms with Gasteiger partial charge in [-0.05, 0) is 24.3 Å². The van der Waals surface area contributed by atoms with E-state index in [0.29, 0.717) is 11.4 Å². The smallest absolute Gasteiger partial charge is 0.444 e. The van der Waals surface area contributed by atoms with Crippen LogP contribution in [0.25, 0.3) is 5.69 Å². The van der Waals surface area contributed by atoms with Gasteiger partial charge in [0.2, 0.25) is 0 Å². The largest absolute Gasteiger partial charge is 0.452 e. The van der Waals surface area contributed by atoms with E-state index in [1.165, 1.54) is 7.11 Å². The van der Waals surface area contributed by atoms with E-state index in [-0.39, 0.29) is 6.08 Å². The van der Waals surface area contributed by atoms with Gasteiger partial charge in [0.25, 0.3) is 0 Å². The predicted molar refractivity (Wildman–Crippen MR) is 61.9 cm³/mol. The molecule has 0 aliphatic rings. The van der Waals surface area contributed by atoms with E-state index in [2.05, 4.69) is 10.4 Å². The minimum atomic E-state index is -0.664. The number of rotatable bonds is 3. The normalized spacial score (nSPS) is 10.1. The van der Waals surface area contributed by atoms with Crippen molar-refractivity contribution in [3.05, 3.63) is 34.8 Å². The number of methoxy groups -OCH3 is 1. The summed E-state index contributed by atoms with van der Waals surface area (Å²) in [7, 11) is 1.34. The molecular weight excluding hydrogens is 240 g/mol. The van der Waals surface area contributed by atoms with E-state index in [9.17, 15) is 9.59 Å². The third-order valence-corrected chi connectivity index (χ3v) is 2.08. The summed E-state index contributed by atoms with van der Waals surface area (Å²) in [6, 6.07) is 5.65. The number of hydrogen-bond donors (Lipinski definition) is 2. The molecule has 8 nitrogen and oxygen atoms in total. The number of urea groups is 1. The van der Waals surface area contributed by atoms with E-state index in [1.807, 2.05) is 0 Å². The first kappa shape index (κ1) is 11.7. The maximum atomic E-state index is 11.4. The molecule has 2 amide bonds. The summed E-state index contributed by atoms with van der Waals surface area (Å²) in [4.78, 5) is 22.1. The van der Waals surface area contributed by atoms with Gasteiger partial charge < -0.3 is 20.2 Å². The van der Waals surface area contributed by atoms with Crippen molar-refractivity contribution < 1.29 is 13.9 Å². The Balaban J connectivity index is 2.31. The quantitative estimate of drug-likeness (QED) is 0.814. The molecule has 0 saturated heterocycles. The van der Waals surface area contributed by atoms with Crippen LogP contribution in [0.3, 0.4) is 0 Å². The number of primary amides is 1. The Labute approximate surface area is 101 Å². The van der Waals surface area contributed by atoms with Crippen LogP contribution in [-0.2, 0) is 0 Å². The molecule has 0 atom stereocenters. The van der Waals surface area contributed by atoms with Crippen molar-refractivity contribution in [2.45, 2.75) is 0 Å². The molecule has 3 N–H and O–H groups in total. The fourth-order valence-corrected chi connectivity index (χ4v) is 1.33. The number of aromatic nitrogens is 2. The lowest BCUT2D eigenvalue weighted by atomic mass is 10.3. The van der Waals surface area contributed by atoms with E-state index < -0.39 is 11.8 Å². The number of carbonyl (C=O) groups is 1. The summed E-state index contributed by atoms with van der Waals surface area (Å²) >= 11 is 0. The van der Waals surface area contributed by atoms with Gasteiger partial charge in [-0.1, -0.05) is 5.10 Å². The van der Waals surface area contributed by atoms with Crippen LogP contribution in [0, 0.1) is 0 Å². The Morgan fingerprint density at radius 1 is 1.44 bits per heavy atom. The molecule has 8 heteroatoms. The maximum absolute atomic E-state index is 11.4. The number of nitrogens with zero attached hydrogens (tertiary/aromatic N) is 2. The summed E-state index contributed by atoms with van der Waals surface area (Å²) in [5.41, 5.74) is 5.95.